The molecular formula is C10H19N3O3. The van der Waals surface area contributed by atoms with E-state index >= 15 is 0 Å². The molecule has 0 aromatic heterocycles. The van der Waals surface area contributed by atoms with Gasteiger partial charge in [-0.3, -0.25) is 4.79 Å². The number of aliphatic carboxylic acids is 1. The van der Waals surface area contributed by atoms with Gasteiger partial charge in [0.2, 0.25) is 0 Å². The van der Waals surface area contributed by atoms with E-state index in [4.69, 9.17) is 5.11 Å². The van der Waals surface area contributed by atoms with Crippen LogP contribution in [0.2, 0.25) is 0 Å². The molecule has 1 rings (SSSR count). The maximum Gasteiger partial charge on any atom is 0.319 e. The fraction of sp³-hybridized carbons (Fsp3) is 0.800. The lowest BCUT2D eigenvalue weighted by Gasteiger charge is -2.39. The van der Waals surface area contributed by atoms with Crippen molar-refractivity contribution in [2.45, 2.75) is 0 Å². The van der Waals surface area contributed by atoms with E-state index in [0.29, 0.717) is 19.6 Å². The minimum absolute atomic E-state index is 0.0839. The van der Waals surface area contributed by atoms with Crippen LogP contribution in [0.1, 0.15) is 0 Å². The minimum atomic E-state index is -0.819. The van der Waals surface area contributed by atoms with Gasteiger partial charge in [-0.15, -0.1) is 0 Å². The van der Waals surface area contributed by atoms with Crippen molar-refractivity contribution in [3.8, 4) is 0 Å². The zero-order chi connectivity index (χ0) is 12.3. The first-order chi connectivity index (χ1) is 7.41. The van der Waals surface area contributed by atoms with E-state index in [1.54, 1.807) is 16.8 Å². The van der Waals surface area contributed by atoms with Gasteiger partial charge in [-0.2, -0.15) is 0 Å². The number of carbonyl (C=O) groups excluding carboxylic acids is 1. The summed E-state index contributed by atoms with van der Waals surface area (Å²) in [5.41, 5.74) is 0. The van der Waals surface area contributed by atoms with Crippen molar-refractivity contribution in [2.24, 2.45) is 5.92 Å². The molecule has 0 bridgehead atoms. The number of carbonyl (C=O) groups is 2. The van der Waals surface area contributed by atoms with Gasteiger partial charge in [-0.25, -0.2) is 4.79 Å². The van der Waals surface area contributed by atoms with Crippen LogP contribution in [0.3, 0.4) is 0 Å². The van der Waals surface area contributed by atoms with Crippen LogP contribution in [0.25, 0.3) is 0 Å². The van der Waals surface area contributed by atoms with E-state index < -0.39 is 5.97 Å². The van der Waals surface area contributed by atoms with Crippen molar-refractivity contribution in [2.75, 3.05) is 47.3 Å². The predicted molar refractivity (Wildman–Crippen MR) is 59.3 cm³/mol. The van der Waals surface area contributed by atoms with Gasteiger partial charge in [0.1, 0.15) is 0 Å². The largest absolute Gasteiger partial charge is 0.481 e. The number of nitrogens with zero attached hydrogens (tertiary/aromatic N) is 3. The fourth-order valence-corrected chi connectivity index (χ4v) is 1.48. The molecular weight excluding hydrogens is 210 g/mol. The van der Waals surface area contributed by atoms with Gasteiger partial charge in [0.05, 0.1) is 5.92 Å². The molecule has 0 spiro atoms. The SMILES string of the molecule is CN(C)CCN(C)C(=O)N1CC(C(=O)O)C1. The van der Waals surface area contributed by atoms with Crippen LogP contribution >= 0.6 is 0 Å². The number of hydrogen-bond donors (Lipinski definition) is 1. The molecule has 0 aromatic rings. The Bertz CT molecular complexity index is 274. The van der Waals surface area contributed by atoms with E-state index in [2.05, 4.69) is 0 Å². The second kappa shape index (κ2) is 5.16. The monoisotopic (exact) mass is 229 g/mol. The lowest BCUT2D eigenvalue weighted by molar-refractivity contribution is -0.146. The Kier molecular flexibility index (Phi) is 4.12. The standard InChI is InChI=1S/C10H19N3O3/c1-11(2)4-5-12(3)10(16)13-6-8(7-13)9(14)15/h8H,4-7H2,1-3H3,(H,14,15). The molecule has 0 radical (unpaired) electrons. The summed E-state index contributed by atoms with van der Waals surface area (Å²) in [6, 6.07) is -0.0839. The van der Waals surface area contributed by atoms with Crippen LogP contribution in [-0.4, -0.2) is 79.1 Å². The van der Waals surface area contributed by atoms with Gasteiger partial charge in [-0.1, -0.05) is 0 Å². The predicted octanol–water partition coefficient (Wildman–Crippen LogP) is -0.384. The molecule has 1 aliphatic heterocycles. The van der Waals surface area contributed by atoms with E-state index in [0.717, 1.165) is 6.54 Å². The Hall–Kier alpha value is -1.30. The number of urea groups is 1. The lowest BCUT2D eigenvalue weighted by Crippen LogP contribution is -2.56. The molecule has 2 amide bonds. The van der Waals surface area contributed by atoms with Gasteiger partial charge < -0.3 is 19.8 Å². The first-order valence-electron chi connectivity index (χ1n) is 5.29. The highest BCUT2D eigenvalue weighted by Crippen LogP contribution is 2.16. The lowest BCUT2D eigenvalue weighted by atomic mass is 10.0. The summed E-state index contributed by atoms with van der Waals surface area (Å²) in [5.74, 6) is -1.20. The van der Waals surface area contributed by atoms with Gasteiger partial charge in [0.15, 0.2) is 0 Å². The average Bonchev–Trinajstić information content (AvgIpc) is 2.10. The van der Waals surface area contributed by atoms with Gasteiger partial charge in [0, 0.05) is 33.2 Å². The van der Waals surface area contributed by atoms with Crippen molar-refractivity contribution >= 4 is 12.0 Å². The fourth-order valence-electron chi connectivity index (χ4n) is 1.48. The Balaban J connectivity index is 2.28. The van der Waals surface area contributed by atoms with Crippen LogP contribution in [0, 0.1) is 5.92 Å². The number of rotatable bonds is 4. The third-order valence-corrected chi connectivity index (χ3v) is 2.71. The summed E-state index contributed by atoms with van der Waals surface area (Å²) in [6.07, 6.45) is 0. The Labute approximate surface area is 95.4 Å². The van der Waals surface area contributed by atoms with Gasteiger partial charge in [-0.05, 0) is 14.1 Å². The maximum absolute atomic E-state index is 11.7. The van der Waals surface area contributed by atoms with Crippen LogP contribution in [0.4, 0.5) is 4.79 Å². The van der Waals surface area contributed by atoms with Crippen LogP contribution < -0.4 is 0 Å². The number of carboxylic acid groups (broad SMARTS) is 1. The summed E-state index contributed by atoms with van der Waals surface area (Å²) < 4.78 is 0. The van der Waals surface area contributed by atoms with Crippen LogP contribution in [0.5, 0.6) is 0 Å². The molecule has 0 aromatic carbocycles. The van der Waals surface area contributed by atoms with Crippen molar-refractivity contribution in [3.63, 3.8) is 0 Å². The van der Waals surface area contributed by atoms with Gasteiger partial charge in [0.25, 0.3) is 0 Å². The number of likely N-dealkylation sites (tertiary alicyclic amines) is 1. The smallest absolute Gasteiger partial charge is 0.319 e. The molecule has 0 unspecified atom stereocenters. The molecule has 1 heterocycles. The Morgan fingerprint density at radius 3 is 2.25 bits per heavy atom. The molecule has 92 valence electrons. The van der Waals surface area contributed by atoms with Crippen LogP contribution in [-0.2, 0) is 4.79 Å². The molecule has 1 aliphatic rings. The van der Waals surface area contributed by atoms with E-state index in [1.807, 2.05) is 19.0 Å². The summed E-state index contributed by atoms with van der Waals surface area (Å²) >= 11 is 0. The number of amides is 2. The number of carboxylic acids is 1. The first-order valence-corrected chi connectivity index (χ1v) is 5.29. The van der Waals surface area contributed by atoms with Crippen molar-refractivity contribution in [1.29, 1.82) is 0 Å². The maximum atomic E-state index is 11.7. The van der Waals surface area contributed by atoms with Crippen molar-refractivity contribution < 1.29 is 14.7 Å². The van der Waals surface area contributed by atoms with Crippen molar-refractivity contribution in [3.05, 3.63) is 0 Å². The van der Waals surface area contributed by atoms with E-state index in [9.17, 15) is 9.59 Å². The zero-order valence-electron chi connectivity index (χ0n) is 10.0. The van der Waals surface area contributed by atoms with Crippen LogP contribution in [0.15, 0.2) is 0 Å². The molecule has 1 saturated heterocycles. The summed E-state index contributed by atoms with van der Waals surface area (Å²) in [5, 5.41) is 8.69. The molecule has 6 nitrogen and oxygen atoms in total. The molecule has 6 heteroatoms. The molecule has 16 heavy (non-hydrogen) atoms. The molecule has 0 aliphatic carbocycles. The third kappa shape index (κ3) is 3.10. The zero-order valence-corrected chi connectivity index (χ0v) is 10.0. The van der Waals surface area contributed by atoms with E-state index in [-0.39, 0.29) is 11.9 Å². The second-order valence-corrected chi connectivity index (χ2v) is 4.45. The Morgan fingerprint density at radius 2 is 1.81 bits per heavy atom. The number of hydrogen-bond acceptors (Lipinski definition) is 3. The normalized spacial score (nSPS) is 16.1. The first kappa shape index (κ1) is 12.8. The summed E-state index contributed by atoms with van der Waals surface area (Å²) in [7, 11) is 5.63. The van der Waals surface area contributed by atoms with E-state index in [1.165, 1.54) is 0 Å². The highest BCUT2D eigenvalue weighted by Gasteiger charge is 2.36. The highest BCUT2D eigenvalue weighted by atomic mass is 16.4. The molecule has 1 fully saturated rings. The highest BCUT2D eigenvalue weighted by molar-refractivity contribution is 5.79. The Morgan fingerprint density at radius 1 is 1.25 bits per heavy atom. The average molecular weight is 229 g/mol. The summed E-state index contributed by atoms with van der Waals surface area (Å²) in [6.45, 7) is 2.12. The molecule has 1 N–H and O–H groups in total. The third-order valence-electron chi connectivity index (χ3n) is 2.71. The topological polar surface area (TPSA) is 64.1 Å². The minimum Gasteiger partial charge on any atom is -0.481 e. The molecule has 0 atom stereocenters. The molecule has 0 saturated carbocycles. The van der Waals surface area contributed by atoms with Gasteiger partial charge >= 0.3 is 12.0 Å². The second-order valence-electron chi connectivity index (χ2n) is 4.45. The number of likely N-dealkylation sites (N-methyl/N-ethyl adjacent to an activating group) is 2. The van der Waals surface area contributed by atoms with Crippen molar-refractivity contribution in [1.82, 2.24) is 14.7 Å². The summed E-state index contributed by atoms with van der Waals surface area (Å²) in [4.78, 5) is 27.5. The quantitative estimate of drug-likeness (QED) is 0.713.